The minimum atomic E-state index is -0.727. The molecule has 2 aromatic carbocycles. The molecule has 1 fully saturated rings. The van der Waals surface area contributed by atoms with Crippen molar-refractivity contribution in [3.63, 3.8) is 0 Å². The molecule has 37 heavy (non-hydrogen) atoms. The number of allylic oxidation sites excluding steroid dienone is 2. The van der Waals surface area contributed by atoms with Gasteiger partial charge in [-0.05, 0) is 79.8 Å². The van der Waals surface area contributed by atoms with E-state index in [1.807, 2.05) is 30.3 Å². The summed E-state index contributed by atoms with van der Waals surface area (Å²) in [6.07, 6.45) is 10.2. The largest absolute Gasteiger partial charge is 0.481 e. The summed E-state index contributed by atoms with van der Waals surface area (Å²) >= 11 is 6.11. The van der Waals surface area contributed by atoms with Crippen LogP contribution >= 0.6 is 11.6 Å². The van der Waals surface area contributed by atoms with Crippen molar-refractivity contribution in [1.82, 2.24) is 15.3 Å². The highest BCUT2D eigenvalue weighted by Gasteiger charge is 2.30. The van der Waals surface area contributed by atoms with E-state index in [1.54, 1.807) is 12.1 Å². The molecule has 1 heterocycles. The lowest BCUT2D eigenvalue weighted by Crippen LogP contribution is -2.25. The van der Waals surface area contributed by atoms with Gasteiger partial charge in [0.2, 0.25) is 0 Å². The van der Waals surface area contributed by atoms with Crippen molar-refractivity contribution >= 4 is 34.5 Å². The summed E-state index contributed by atoms with van der Waals surface area (Å²) in [6, 6.07) is 12.9. The zero-order valence-electron chi connectivity index (χ0n) is 20.8. The molecule has 3 unspecified atom stereocenters. The second kappa shape index (κ2) is 10.9. The van der Waals surface area contributed by atoms with E-state index in [9.17, 15) is 14.7 Å². The van der Waals surface area contributed by atoms with E-state index in [2.05, 4.69) is 30.5 Å². The zero-order chi connectivity index (χ0) is 25.9. The molecular formula is C30H30ClN3O3. The lowest BCUT2D eigenvalue weighted by atomic mass is 9.96. The Kier molecular flexibility index (Phi) is 7.38. The second-order valence-corrected chi connectivity index (χ2v) is 10.6. The Bertz CT molecular complexity index is 1400. The first-order valence-electron chi connectivity index (χ1n) is 12.8. The Morgan fingerprint density at radius 3 is 2.59 bits per heavy atom. The van der Waals surface area contributed by atoms with E-state index in [0.29, 0.717) is 53.3 Å². The zero-order valence-corrected chi connectivity index (χ0v) is 21.5. The fourth-order valence-electron chi connectivity index (χ4n) is 5.16. The van der Waals surface area contributed by atoms with Gasteiger partial charge in [-0.25, -0.2) is 9.97 Å². The number of nitrogens with one attached hydrogen (secondary N) is 1. The first-order chi connectivity index (χ1) is 17.9. The normalized spacial score (nSPS) is 21.1. The van der Waals surface area contributed by atoms with Gasteiger partial charge in [0.05, 0.1) is 28.3 Å². The number of benzene rings is 2. The summed E-state index contributed by atoms with van der Waals surface area (Å²) in [7, 11) is 0. The molecule has 0 spiro atoms. The first kappa shape index (κ1) is 25.2. The third-order valence-electron chi connectivity index (χ3n) is 7.33. The number of amides is 1. The maximum absolute atomic E-state index is 12.9. The number of carbonyl (C=O) groups excluding carboxylic acids is 1. The Hall–Kier alpha value is -3.51. The summed E-state index contributed by atoms with van der Waals surface area (Å²) in [4.78, 5) is 34.3. The van der Waals surface area contributed by atoms with E-state index in [0.717, 1.165) is 35.4 Å². The average molecular weight is 516 g/mol. The molecule has 1 amide bonds. The van der Waals surface area contributed by atoms with Crippen molar-refractivity contribution < 1.29 is 14.7 Å². The molecule has 0 radical (unpaired) electrons. The van der Waals surface area contributed by atoms with Crippen molar-refractivity contribution in [1.29, 1.82) is 0 Å². The lowest BCUT2D eigenvalue weighted by molar-refractivity contribution is -0.141. The van der Waals surface area contributed by atoms with E-state index in [4.69, 9.17) is 21.6 Å². The van der Waals surface area contributed by atoms with Gasteiger partial charge in [-0.15, -0.1) is 0 Å². The highest BCUT2D eigenvalue weighted by molar-refractivity contribution is 6.30. The van der Waals surface area contributed by atoms with Crippen molar-refractivity contribution in [2.24, 2.45) is 17.8 Å². The highest BCUT2D eigenvalue weighted by Crippen LogP contribution is 2.35. The molecule has 3 aromatic rings. The predicted octanol–water partition coefficient (Wildman–Crippen LogP) is 6.25. The highest BCUT2D eigenvalue weighted by atomic mass is 35.5. The molecule has 0 saturated heterocycles. The Balaban J connectivity index is 1.42. The van der Waals surface area contributed by atoms with Crippen LogP contribution in [0, 0.1) is 17.8 Å². The first-order valence-corrected chi connectivity index (χ1v) is 13.2. The number of aromatic nitrogens is 2. The Morgan fingerprint density at radius 1 is 1.08 bits per heavy atom. The van der Waals surface area contributed by atoms with Crippen LogP contribution in [-0.4, -0.2) is 33.5 Å². The van der Waals surface area contributed by atoms with Crippen molar-refractivity contribution in [3.05, 3.63) is 82.5 Å². The van der Waals surface area contributed by atoms with Gasteiger partial charge in [0, 0.05) is 22.7 Å². The number of fused-ring (bicyclic) bond motifs is 1. The topological polar surface area (TPSA) is 92.2 Å². The summed E-state index contributed by atoms with van der Waals surface area (Å²) < 4.78 is 0. The summed E-state index contributed by atoms with van der Waals surface area (Å²) in [5.74, 6) is -0.422. The number of hydrogen-bond donors (Lipinski definition) is 2. The fourth-order valence-corrected chi connectivity index (χ4v) is 5.28. The van der Waals surface area contributed by atoms with E-state index < -0.39 is 5.97 Å². The number of halogens is 1. The van der Waals surface area contributed by atoms with Gasteiger partial charge in [0.1, 0.15) is 0 Å². The molecule has 0 aliphatic heterocycles. The standard InChI is InChI=1S/C30H30ClN3O3/c1-18-2-4-19(5-3-18)17-32-29(35)22-10-13-25-26(16-22)33-27(15-20-6-7-23(14-20)30(36)37)28(34-25)21-8-11-24(31)12-9-21/h2,4-5,8-13,16,18,20,23H,3,6-7,14-15,17H2,1H3,(H,32,35)(H,36,37). The second-order valence-electron chi connectivity index (χ2n) is 10.2. The maximum atomic E-state index is 12.9. The van der Waals surface area contributed by atoms with Crippen molar-refractivity contribution in [3.8, 4) is 11.3 Å². The van der Waals surface area contributed by atoms with Crippen molar-refractivity contribution in [2.75, 3.05) is 6.54 Å². The van der Waals surface area contributed by atoms with Crippen molar-refractivity contribution in [2.45, 2.75) is 39.0 Å². The van der Waals surface area contributed by atoms with Crippen LogP contribution in [0.15, 0.2) is 66.3 Å². The molecular weight excluding hydrogens is 486 g/mol. The third kappa shape index (κ3) is 5.91. The SMILES string of the molecule is CC1C=CC(CNC(=O)c2ccc3nc(-c4ccc(Cl)cc4)c(CC4CCC(C(=O)O)C4)nc3c2)=CC1. The van der Waals surface area contributed by atoms with Crippen LogP contribution in [0.1, 0.15) is 48.7 Å². The Morgan fingerprint density at radius 2 is 1.89 bits per heavy atom. The van der Waals surface area contributed by atoms with E-state index in [1.165, 1.54) is 0 Å². The molecule has 6 nitrogen and oxygen atoms in total. The van der Waals surface area contributed by atoms with Gasteiger partial charge in [-0.1, -0.05) is 48.9 Å². The molecule has 0 bridgehead atoms. The van der Waals surface area contributed by atoms with Gasteiger partial charge < -0.3 is 10.4 Å². The van der Waals surface area contributed by atoms with Crippen LogP contribution in [0.2, 0.25) is 5.02 Å². The number of carbonyl (C=O) groups is 2. The molecule has 5 rings (SSSR count). The molecule has 190 valence electrons. The number of rotatable bonds is 7. The van der Waals surface area contributed by atoms with Crippen LogP contribution in [0.25, 0.3) is 22.3 Å². The van der Waals surface area contributed by atoms with Crippen LogP contribution in [0.5, 0.6) is 0 Å². The summed E-state index contributed by atoms with van der Waals surface area (Å²) in [5, 5.41) is 13.1. The van der Waals surface area contributed by atoms with Crippen LogP contribution in [0.3, 0.4) is 0 Å². The average Bonchev–Trinajstić information content (AvgIpc) is 3.37. The molecule has 2 aliphatic carbocycles. The smallest absolute Gasteiger partial charge is 0.306 e. The minimum absolute atomic E-state index is 0.153. The molecule has 1 saturated carbocycles. The molecule has 7 heteroatoms. The van der Waals surface area contributed by atoms with Gasteiger partial charge in [-0.2, -0.15) is 0 Å². The molecule has 2 aliphatic rings. The minimum Gasteiger partial charge on any atom is -0.481 e. The monoisotopic (exact) mass is 515 g/mol. The number of carboxylic acid groups (broad SMARTS) is 1. The number of hydrogen-bond acceptors (Lipinski definition) is 4. The fraction of sp³-hybridized carbons (Fsp3) is 0.333. The number of nitrogens with zero attached hydrogens (tertiary/aromatic N) is 2. The lowest BCUT2D eigenvalue weighted by Gasteiger charge is -2.15. The van der Waals surface area contributed by atoms with Gasteiger partial charge >= 0.3 is 5.97 Å². The quantitative estimate of drug-likeness (QED) is 0.388. The predicted molar refractivity (Wildman–Crippen MR) is 145 cm³/mol. The molecule has 2 N–H and O–H groups in total. The summed E-state index contributed by atoms with van der Waals surface area (Å²) in [6.45, 7) is 2.65. The van der Waals surface area contributed by atoms with Gasteiger partial charge in [-0.3, -0.25) is 9.59 Å². The maximum Gasteiger partial charge on any atom is 0.306 e. The van der Waals surface area contributed by atoms with Crippen LogP contribution in [-0.2, 0) is 11.2 Å². The van der Waals surface area contributed by atoms with E-state index >= 15 is 0 Å². The van der Waals surface area contributed by atoms with Crippen LogP contribution in [0.4, 0.5) is 0 Å². The number of carboxylic acids is 1. The van der Waals surface area contributed by atoms with Gasteiger partial charge in [0.25, 0.3) is 5.91 Å². The van der Waals surface area contributed by atoms with Crippen LogP contribution < -0.4 is 5.32 Å². The molecule has 1 aromatic heterocycles. The third-order valence-corrected chi connectivity index (χ3v) is 7.58. The Labute approximate surface area is 221 Å². The summed E-state index contributed by atoms with van der Waals surface area (Å²) in [5.41, 5.74) is 5.49. The number of aliphatic carboxylic acids is 1. The molecule has 3 atom stereocenters. The van der Waals surface area contributed by atoms with Gasteiger partial charge in [0.15, 0.2) is 0 Å². The van der Waals surface area contributed by atoms with E-state index in [-0.39, 0.29) is 17.7 Å².